The lowest BCUT2D eigenvalue weighted by molar-refractivity contribution is 0.0462. The van der Waals surface area contributed by atoms with E-state index in [-0.39, 0.29) is 0 Å². The van der Waals surface area contributed by atoms with E-state index < -0.39 is 0 Å². The van der Waals surface area contributed by atoms with E-state index >= 15 is 0 Å². The minimum atomic E-state index is 0.423. The summed E-state index contributed by atoms with van der Waals surface area (Å²) in [5, 5.41) is 7.01. The molecule has 2 rings (SSSR count). The fourth-order valence-corrected chi connectivity index (χ4v) is 2.79. The molecule has 0 saturated carbocycles. The van der Waals surface area contributed by atoms with Crippen LogP contribution in [-0.4, -0.2) is 49.2 Å². The predicted octanol–water partition coefficient (Wildman–Crippen LogP) is 1.06. The molecule has 2 fully saturated rings. The zero-order valence-electron chi connectivity index (χ0n) is 10.8. The Balaban J connectivity index is 0.000000531. The molecule has 2 heterocycles. The van der Waals surface area contributed by atoms with Crippen molar-refractivity contribution in [1.82, 2.24) is 15.5 Å². The van der Waals surface area contributed by atoms with Crippen LogP contribution in [0.4, 0.5) is 0 Å². The van der Waals surface area contributed by atoms with Crippen LogP contribution in [0.1, 0.15) is 34.1 Å². The zero-order chi connectivity index (χ0) is 11.3. The lowest BCUT2D eigenvalue weighted by Gasteiger charge is -2.47. The Kier molecular flexibility index (Phi) is 5.03. The third kappa shape index (κ3) is 2.71. The summed E-state index contributed by atoms with van der Waals surface area (Å²) in [6.07, 6.45) is 1.30. The van der Waals surface area contributed by atoms with E-state index in [0.717, 1.165) is 19.6 Å². The smallest absolute Gasteiger partial charge is 0.0473 e. The minimum absolute atomic E-state index is 0.423. The van der Waals surface area contributed by atoms with Crippen LogP contribution in [0, 0.1) is 0 Å². The molecule has 0 aromatic rings. The van der Waals surface area contributed by atoms with Gasteiger partial charge in [0.15, 0.2) is 0 Å². The third-order valence-electron chi connectivity index (χ3n) is 3.44. The van der Waals surface area contributed by atoms with Gasteiger partial charge in [0.2, 0.25) is 0 Å². The van der Waals surface area contributed by atoms with Crippen molar-refractivity contribution in [2.75, 3.05) is 32.7 Å². The second kappa shape index (κ2) is 5.83. The van der Waals surface area contributed by atoms with E-state index in [2.05, 4.69) is 29.4 Å². The maximum absolute atomic E-state index is 3.52. The first kappa shape index (κ1) is 12.9. The van der Waals surface area contributed by atoms with Crippen LogP contribution in [0.15, 0.2) is 0 Å². The Labute approximate surface area is 94.6 Å². The summed E-state index contributed by atoms with van der Waals surface area (Å²) in [7, 11) is 0. The molecule has 2 saturated heterocycles. The van der Waals surface area contributed by atoms with Gasteiger partial charge in [-0.15, -0.1) is 0 Å². The quantitative estimate of drug-likeness (QED) is 0.682. The van der Waals surface area contributed by atoms with Crippen LogP contribution in [0.3, 0.4) is 0 Å². The summed E-state index contributed by atoms with van der Waals surface area (Å²) < 4.78 is 0. The fraction of sp³-hybridized carbons (Fsp3) is 1.00. The molecular formula is C12H27N3. The molecule has 15 heavy (non-hydrogen) atoms. The van der Waals surface area contributed by atoms with Gasteiger partial charge in [-0.05, 0) is 26.8 Å². The van der Waals surface area contributed by atoms with E-state index in [1.807, 2.05) is 13.8 Å². The highest BCUT2D eigenvalue weighted by atomic mass is 15.3. The topological polar surface area (TPSA) is 27.3 Å². The molecular weight excluding hydrogens is 186 g/mol. The van der Waals surface area contributed by atoms with E-state index in [0.29, 0.717) is 11.6 Å². The molecule has 0 radical (unpaired) electrons. The van der Waals surface area contributed by atoms with Gasteiger partial charge in [0, 0.05) is 37.8 Å². The van der Waals surface area contributed by atoms with Crippen molar-refractivity contribution >= 4 is 0 Å². The standard InChI is InChI=1S/C10H21N3.C2H6/c1-9(2)13-6-5-12-8-10(13)3-4-11-7-10;1-2/h9,11-12H,3-8H2,1-2H3;1-2H3. The van der Waals surface area contributed by atoms with Gasteiger partial charge < -0.3 is 10.6 Å². The number of rotatable bonds is 1. The highest BCUT2D eigenvalue weighted by Crippen LogP contribution is 2.26. The summed E-state index contributed by atoms with van der Waals surface area (Å²) in [4.78, 5) is 2.67. The van der Waals surface area contributed by atoms with Gasteiger partial charge in [0.25, 0.3) is 0 Å². The number of nitrogens with one attached hydrogen (secondary N) is 2. The van der Waals surface area contributed by atoms with Crippen LogP contribution < -0.4 is 10.6 Å². The second-order valence-electron chi connectivity index (χ2n) is 4.62. The lowest BCUT2D eigenvalue weighted by atomic mass is 9.92. The Bertz CT molecular complexity index is 174. The van der Waals surface area contributed by atoms with Crippen LogP contribution in [0.2, 0.25) is 0 Å². The first-order valence-corrected chi connectivity index (χ1v) is 6.43. The number of hydrogen-bond acceptors (Lipinski definition) is 3. The van der Waals surface area contributed by atoms with Gasteiger partial charge in [-0.3, -0.25) is 4.90 Å². The molecule has 0 aliphatic carbocycles. The molecule has 1 atom stereocenters. The highest BCUT2D eigenvalue weighted by Gasteiger charge is 2.41. The van der Waals surface area contributed by atoms with E-state index in [1.54, 1.807) is 0 Å². The Morgan fingerprint density at radius 2 is 1.67 bits per heavy atom. The van der Waals surface area contributed by atoms with Crippen molar-refractivity contribution in [3.05, 3.63) is 0 Å². The molecule has 3 nitrogen and oxygen atoms in total. The van der Waals surface area contributed by atoms with Crippen LogP contribution in [0.25, 0.3) is 0 Å². The van der Waals surface area contributed by atoms with Crippen LogP contribution in [0.5, 0.6) is 0 Å². The Morgan fingerprint density at radius 1 is 1.07 bits per heavy atom. The maximum Gasteiger partial charge on any atom is 0.0473 e. The van der Waals surface area contributed by atoms with Crippen molar-refractivity contribution in [3.63, 3.8) is 0 Å². The fourth-order valence-electron chi connectivity index (χ4n) is 2.79. The average molecular weight is 213 g/mol. The van der Waals surface area contributed by atoms with Crippen molar-refractivity contribution < 1.29 is 0 Å². The summed E-state index contributed by atoms with van der Waals surface area (Å²) in [6.45, 7) is 14.5. The summed E-state index contributed by atoms with van der Waals surface area (Å²) in [5.74, 6) is 0. The second-order valence-corrected chi connectivity index (χ2v) is 4.62. The van der Waals surface area contributed by atoms with Gasteiger partial charge in [-0.25, -0.2) is 0 Å². The SMILES string of the molecule is CC.CC(C)N1CCNCC12CCNC2. The zero-order valence-corrected chi connectivity index (χ0v) is 10.8. The summed E-state index contributed by atoms with van der Waals surface area (Å²) in [6, 6.07) is 0.682. The number of nitrogens with zero attached hydrogens (tertiary/aromatic N) is 1. The van der Waals surface area contributed by atoms with Crippen LogP contribution >= 0.6 is 0 Å². The van der Waals surface area contributed by atoms with E-state index in [1.165, 1.54) is 19.5 Å². The van der Waals surface area contributed by atoms with Gasteiger partial charge in [-0.1, -0.05) is 13.8 Å². The number of piperazine rings is 1. The molecule has 3 heteroatoms. The number of hydrogen-bond donors (Lipinski definition) is 2. The maximum atomic E-state index is 3.52. The Morgan fingerprint density at radius 3 is 2.20 bits per heavy atom. The predicted molar refractivity (Wildman–Crippen MR) is 66.3 cm³/mol. The van der Waals surface area contributed by atoms with Crippen molar-refractivity contribution in [2.45, 2.75) is 45.7 Å². The normalized spacial score (nSPS) is 31.8. The van der Waals surface area contributed by atoms with Gasteiger partial charge in [0.1, 0.15) is 0 Å². The molecule has 2 N–H and O–H groups in total. The van der Waals surface area contributed by atoms with Gasteiger partial charge in [0.05, 0.1) is 0 Å². The van der Waals surface area contributed by atoms with Crippen molar-refractivity contribution in [2.24, 2.45) is 0 Å². The van der Waals surface area contributed by atoms with Crippen LogP contribution in [-0.2, 0) is 0 Å². The lowest BCUT2D eigenvalue weighted by Crippen LogP contribution is -2.64. The van der Waals surface area contributed by atoms with Gasteiger partial charge >= 0.3 is 0 Å². The van der Waals surface area contributed by atoms with E-state index in [4.69, 9.17) is 0 Å². The highest BCUT2D eigenvalue weighted by molar-refractivity contribution is 5.02. The molecule has 1 unspecified atom stereocenters. The molecule has 0 bridgehead atoms. The summed E-state index contributed by atoms with van der Waals surface area (Å²) in [5.41, 5.74) is 0.423. The van der Waals surface area contributed by atoms with Gasteiger partial charge in [-0.2, -0.15) is 0 Å². The summed E-state index contributed by atoms with van der Waals surface area (Å²) >= 11 is 0. The monoisotopic (exact) mass is 213 g/mol. The average Bonchev–Trinajstić information content (AvgIpc) is 2.70. The largest absolute Gasteiger partial charge is 0.315 e. The van der Waals surface area contributed by atoms with E-state index in [9.17, 15) is 0 Å². The molecule has 2 aliphatic heterocycles. The molecule has 2 aliphatic rings. The first-order chi connectivity index (χ1) is 7.25. The Hall–Kier alpha value is -0.120. The molecule has 0 aromatic carbocycles. The molecule has 0 amide bonds. The molecule has 90 valence electrons. The first-order valence-electron chi connectivity index (χ1n) is 6.43. The van der Waals surface area contributed by atoms with Crippen molar-refractivity contribution in [3.8, 4) is 0 Å². The third-order valence-corrected chi connectivity index (χ3v) is 3.44. The van der Waals surface area contributed by atoms with Crippen molar-refractivity contribution in [1.29, 1.82) is 0 Å². The minimum Gasteiger partial charge on any atom is -0.315 e. The molecule has 0 aromatic heterocycles. The molecule has 1 spiro atoms.